The van der Waals surface area contributed by atoms with E-state index in [1.807, 2.05) is 0 Å². The lowest BCUT2D eigenvalue weighted by atomic mass is 9.83. The fourth-order valence-electron chi connectivity index (χ4n) is 4.88. The third-order valence-corrected chi connectivity index (χ3v) is 7.16. The Hall–Kier alpha value is -4.36. The van der Waals surface area contributed by atoms with Crippen molar-refractivity contribution in [3.05, 3.63) is 35.4 Å². The molecule has 0 radical (unpaired) electrons. The van der Waals surface area contributed by atoms with Gasteiger partial charge in [-0.15, -0.1) is 0 Å². The molecule has 0 aliphatic heterocycles. The molecule has 1 aromatic rings. The molecule has 0 bridgehead atoms. The minimum Gasteiger partial charge on any atom is -0.409 e. The third-order valence-electron chi connectivity index (χ3n) is 7.16. The Labute approximate surface area is 239 Å². The topological polar surface area (TPSA) is 245 Å². The first-order valence-corrected chi connectivity index (χ1v) is 13.7. The fraction of sp³-hybridized carbons (Fsp3) is 0.556. The van der Waals surface area contributed by atoms with Gasteiger partial charge in [-0.25, -0.2) is 0 Å². The molecule has 0 saturated heterocycles. The van der Waals surface area contributed by atoms with Gasteiger partial charge < -0.3 is 43.7 Å². The van der Waals surface area contributed by atoms with E-state index in [2.05, 4.69) is 20.8 Å². The van der Waals surface area contributed by atoms with E-state index < -0.39 is 41.6 Å². The number of nitrogens with zero attached hydrogens (tertiary/aromatic N) is 3. The van der Waals surface area contributed by atoms with Crippen molar-refractivity contribution < 1.29 is 24.4 Å². The molecule has 14 nitrogen and oxygen atoms in total. The van der Waals surface area contributed by atoms with Crippen molar-refractivity contribution in [1.82, 2.24) is 15.5 Å². The molecule has 2 rings (SSSR count). The SMILES string of the molecule is CN(C)C(=O)C(Cc1ccc(C(N)=NO)cc1)C(=O)N[C@H](C(=O)N[C@@H](CCCN=C(N)N)C(N)=O)C1CCCCC1. The number of hydrogen-bond acceptors (Lipinski definition) is 7. The minimum atomic E-state index is -1.12. The van der Waals surface area contributed by atoms with Gasteiger partial charge in [0.15, 0.2) is 11.8 Å². The van der Waals surface area contributed by atoms with Crippen molar-refractivity contribution in [1.29, 1.82) is 0 Å². The van der Waals surface area contributed by atoms with Crippen molar-refractivity contribution in [2.45, 2.75) is 63.5 Å². The number of aliphatic imine (C=N–C) groups is 1. The quantitative estimate of drug-likeness (QED) is 0.0367. The number of nitrogens with one attached hydrogen (secondary N) is 2. The molecule has 226 valence electrons. The van der Waals surface area contributed by atoms with Crippen LogP contribution in [0.25, 0.3) is 0 Å². The number of benzene rings is 1. The van der Waals surface area contributed by atoms with Gasteiger partial charge in [0.1, 0.15) is 18.0 Å². The summed E-state index contributed by atoms with van der Waals surface area (Å²) in [7, 11) is 3.10. The summed E-state index contributed by atoms with van der Waals surface area (Å²) in [5.74, 6) is -3.71. The molecule has 1 saturated carbocycles. The number of guanidine groups is 1. The molecule has 1 aliphatic rings. The Bertz CT molecular complexity index is 1110. The lowest BCUT2D eigenvalue weighted by Gasteiger charge is -2.32. The Morgan fingerprint density at radius 1 is 0.976 bits per heavy atom. The zero-order valence-corrected chi connectivity index (χ0v) is 23.7. The average molecular weight is 574 g/mol. The van der Waals surface area contributed by atoms with E-state index in [1.165, 1.54) is 4.90 Å². The summed E-state index contributed by atoms with van der Waals surface area (Å²) < 4.78 is 0. The van der Waals surface area contributed by atoms with Gasteiger partial charge in [0, 0.05) is 26.2 Å². The molecule has 0 spiro atoms. The summed E-state index contributed by atoms with van der Waals surface area (Å²) in [6.07, 6.45) is 4.93. The predicted octanol–water partition coefficient (Wildman–Crippen LogP) is -0.883. The van der Waals surface area contributed by atoms with Gasteiger partial charge in [-0.1, -0.05) is 48.7 Å². The second-order valence-corrected chi connectivity index (χ2v) is 10.5. The number of primary amides is 1. The summed E-state index contributed by atoms with van der Waals surface area (Å²) >= 11 is 0. The highest BCUT2D eigenvalue weighted by Crippen LogP contribution is 2.27. The summed E-state index contributed by atoms with van der Waals surface area (Å²) in [6.45, 7) is 0.263. The van der Waals surface area contributed by atoms with E-state index in [4.69, 9.17) is 28.1 Å². The van der Waals surface area contributed by atoms with Crippen molar-refractivity contribution in [3.63, 3.8) is 0 Å². The van der Waals surface area contributed by atoms with Crippen LogP contribution in [-0.2, 0) is 25.6 Å². The van der Waals surface area contributed by atoms with Crippen LogP contribution in [0.3, 0.4) is 0 Å². The maximum atomic E-state index is 13.6. The van der Waals surface area contributed by atoms with Crippen molar-refractivity contribution in [3.8, 4) is 0 Å². The molecule has 3 atom stereocenters. The Kier molecular flexibility index (Phi) is 12.8. The van der Waals surface area contributed by atoms with Crippen LogP contribution in [0.15, 0.2) is 34.4 Å². The molecular formula is C27H43N9O5. The predicted molar refractivity (Wildman–Crippen MR) is 154 cm³/mol. The summed E-state index contributed by atoms with van der Waals surface area (Å²) in [5.41, 5.74) is 23.0. The molecule has 4 amide bonds. The average Bonchev–Trinajstić information content (AvgIpc) is 2.95. The largest absolute Gasteiger partial charge is 0.409 e. The number of amides is 4. The van der Waals surface area contributed by atoms with Crippen LogP contribution in [-0.4, -0.2) is 78.3 Å². The van der Waals surface area contributed by atoms with E-state index >= 15 is 0 Å². The van der Waals surface area contributed by atoms with Crippen LogP contribution in [0.5, 0.6) is 0 Å². The summed E-state index contributed by atoms with van der Waals surface area (Å²) in [5, 5.41) is 17.4. The van der Waals surface area contributed by atoms with E-state index in [0.717, 1.165) is 19.3 Å². The number of rotatable bonds is 14. The number of carbonyl (C=O) groups excluding carboxylic acids is 4. The summed E-state index contributed by atoms with van der Waals surface area (Å²) in [6, 6.07) is 4.67. The van der Waals surface area contributed by atoms with Gasteiger partial charge in [-0.3, -0.25) is 24.2 Å². The first-order valence-electron chi connectivity index (χ1n) is 13.7. The second kappa shape index (κ2) is 16.0. The standard InChI is InChI=1S/C27H43N9O5/c1-36(2)26(40)19(15-16-10-12-18(13-11-16)22(28)35-41)24(38)34-21(17-7-4-3-5-8-17)25(39)33-20(23(29)37)9-6-14-32-27(30)31/h10-13,17,19-21,41H,3-9,14-15H2,1-2H3,(H2,28,35)(H2,29,37)(H,33,39)(H,34,38)(H4,30,31,32)/t19?,20-,21-/m0/s1. The van der Waals surface area contributed by atoms with E-state index in [0.29, 0.717) is 30.4 Å². The molecule has 14 heteroatoms. The number of hydrogen-bond donors (Lipinski definition) is 7. The Morgan fingerprint density at radius 3 is 2.15 bits per heavy atom. The smallest absolute Gasteiger partial charge is 0.243 e. The molecule has 11 N–H and O–H groups in total. The van der Waals surface area contributed by atoms with Gasteiger partial charge >= 0.3 is 0 Å². The molecule has 1 aliphatic carbocycles. The number of nitrogens with two attached hydrogens (primary N) is 4. The van der Waals surface area contributed by atoms with E-state index in [-0.39, 0.29) is 37.1 Å². The van der Waals surface area contributed by atoms with Gasteiger partial charge in [-0.05, 0) is 43.6 Å². The van der Waals surface area contributed by atoms with Crippen LogP contribution >= 0.6 is 0 Å². The molecule has 1 aromatic carbocycles. The highest BCUT2D eigenvalue weighted by molar-refractivity contribution is 6.02. The normalized spacial score (nSPS) is 16.1. The molecular weight excluding hydrogens is 530 g/mol. The van der Waals surface area contributed by atoms with Gasteiger partial charge in [0.2, 0.25) is 23.6 Å². The maximum Gasteiger partial charge on any atom is 0.243 e. The van der Waals surface area contributed by atoms with E-state index in [1.54, 1.807) is 38.4 Å². The maximum absolute atomic E-state index is 13.6. The van der Waals surface area contributed by atoms with Gasteiger partial charge in [0.25, 0.3) is 0 Å². The zero-order valence-electron chi connectivity index (χ0n) is 23.7. The highest BCUT2D eigenvalue weighted by atomic mass is 16.4. The van der Waals surface area contributed by atoms with Gasteiger partial charge in [-0.2, -0.15) is 0 Å². The first kappa shape index (κ1) is 32.8. The van der Waals surface area contributed by atoms with Crippen molar-refractivity contribution in [2.24, 2.45) is 44.9 Å². The Balaban J connectivity index is 2.26. The number of amidine groups is 1. The molecule has 1 fully saturated rings. The molecule has 1 unspecified atom stereocenters. The first-order chi connectivity index (χ1) is 19.4. The Morgan fingerprint density at radius 2 is 1.61 bits per heavy atom. The van der Waals surface area contributed by atoms with Gasteiger partial charge in [0.05, 0.1) is 0 Å². The lowest BCUT2D eigenvalue weighted by Crippen LogP contribution is -2.57. The molecule has 41 heavy (non-hydrogen) atoms. The minimum absolute atomic E-state index is 0.0625. The van der Waals surface area contributed by atoms with Crippen molar-refractivity contribution >= 4 is 35.4 Å². The van der Waals surface area contributed by atoms with Crippen LogP contribution in [0.2, 0.25) is 0 Å². The van der Waals surface area contributed by atoms with Crippen LogP contribution in [0, 0.1) is 11.8 Å². The number of oxime groups is 1. The number of carbonyl (C=O) groups is 4. The monoisotopic (exact) mass is 573 g/mol. The van der Waals surface area contributed by atoms with Crippen LogP contribution in [0.1, 0.15) is 56.1 Å². The fourth-order valence-corrected chi connectivity index (χ4v) is 4.88. The summed E-state index contributed by atoms with van der Waals surface area (Å²) in [4.78, 5) is 57.5. The third kappa shape index (κ3) is 10.3. The molecule has 0 aromatic heterocycles. The second-order valence-electron chi connectivity index (χ2n) is 10.5. The zero-order chi connectivity index (χ0) is 30.5. The van der Waals surface area contributed by atoms with Crippen molar-refractivity contribution in [2.75, 3.05) is 20.6 Å². The lowest BCUT2D eigenvalue weighted by molar-refractivity contribution is -0.142. The van der Waals surface area contributed by atoms with Crippen LogP contribution < -0.4 is 33.6 Å². The highest BCUT2D eigenvalue weighted by Gasteiger charge is 2.36. The van der Waals surface area contributed by atoms with Crippen LogP contribution in [0.4, 0.5) is 0 Å². The molecule has 0 heterocycles. The van der Waals surface area contributed by atoms with E-state index in [9.17, 15) is 19.2 Å².